The Morgan fingerprint density at radius 2 is 1.79 bits per heavy atom. The fraction of sp³-hybridized carbons (Fsp3) is 0.750. The summed E-state index contributed by atoms with van der Waals surface area (Å²) < 4.78 is 0. The molecule has 0 rings (SSSR count). The first-order valence-corrected chi connectivity index (χ1v) is 5.45. The average Bonchev–Trinajstić information content (AvgIpc) is 2.15. The fourth-order valence-electron chi connectivity index (χ4n) is 1.77. The average molecular weight is 199 g/mol. The molecular weight excluding hydrogens is 176 g/mol. The van der Waals surface area contributed by atoms with E-state index in [1.54, 1.807) is 12.2 Å². The molecule has 0 aromatic rings. The predicted octanol–water partition coefficient (Wildman–Crippen LogP) is 2.46. The molecular formula is C12H23O2. The molecule has 14 heavy (non-hydrogen) atoms. The highest BCUT2D eigenvalue weighted by molar-refractivity contribution is 4.93. The Kier molecular flexibility index (Phi) is 6.85. The summed E-state index contributed by atoms with van der Waals surface area (Å²) >= 11 is 0. The molecule has 0 fully saturated rings. The Balaban J connectivity index is 4.29. The number of aliphatic hydroxyl groups is 2. The number of rotatable bonds is 7. The topological polar surface area (TPSA) is 40.5 Å². The van der Waals surface area contributed by atoms with Crippen LogP contribution in [0.15, 0.2) is 12.2 Å². The maximum atomic E-state index is 10.2. The lowest BCUT2D eigenvalue weighted by Crippen LogP contribution is -2.41. The molecule has 0 spiro atoms. The first-order chi connectivity index (χ1) is 6.60. The van der Waals surface area contributed by atoms with E-state index in [1.165, 1.54) is 0 Å². The summed E-state index contributed by atoms with van der Waals surface area (Å²) in [5, 5.41) is 20.0. The zero-order chi connectivity index (χ0) is 11.0. The third-order valence-corrected chi connectivity index (χ3v) is 2.51. The van der Waals surface area contributed by atoms with Crippen molar-refractivity contribution < 1.29 is 10.2 Å². The lowest BCUT2D eigenvalue weighted by molar-refractivity contribution is -0.0847. The van der Waals surface area contributed by atoms with Crippen molar-refractivity contribution in [3.8, 4) is 0 Å². The highest BCUT2D eigenvalue weighted by Gasteiger charge is 2.32. The van der Waals surface area contributed by atoms with Gasteiger partial charge in [-0.1, -0.05) is 38.8 Å². The predicted molar refractivity (Wildman–Crippen MR) is 59.9 cm³/mol. The zero-order valence-electron chi connectivity index (χ0n) is 9.37. The van der Waals surface area contributed by atoms with Gasteiger partial charge in [0.05, 0.1) is 11.7 Å². The highest BCUT2D eigenvalue weighted by atomic mass is 16.3. The number of hydrogen-bond acceptors (Lipinski definition) is 2. The summed E-state index contributed by atoms with van der Waals surface area (Å²) in [5.74, 6) is 0. The second-order valence-corrected chi connectivity index (χ2v) is 3.83. The van der Waals surface area contributed by atoms with E-state index in [1.807, 2.05) is 13.8 Å². The van der Waals surface area contributed by atoms with E-state index < -0.39 is 11.7 Å². The minimum absolute atomic E-state index is 0.486. The van der Waals surface area contributed by atoms with E-state index in [9.17, 15) is 10.2 Å². The molecule has 2 nitrogen and oxygen atoms in total. The summed E-state index contributed by atoms with van der Waals surface area (Å²) in [4.78, 5) is 0. The van der Waals surface area contributed by atoms with E-state index >= 15 is 0 Å². The van der Waals surface area contributed by atoms with Gasteiger partial charge < -0.3 is 10.2 Å². The maximum Gasteiger partial charge on any atom is 0.0908 e. The number of aliphatic hydroxyl groups excluding tert-OH is 1. The van der Waals surface area contributed by atoms with E-state index in [4.69, 9.17) is 0 Å². The van der Waals surface area contributed by atoms with Crippen molar-refractivity contribution in [2.45, 2.75) is 57.7 Å². The third-order valence-electron chi connectivity index (χ3n) is 2.51. The lowest BCUT2D eigenvalue weighted by atomic mass is 9.85. The van der Waals surface area contributed by atoms with Crippen LogP contribution in [0.1, 0.15) is 46.0 Å². The molecule has 0 saturated heterocycles. The Morgan fingerprint density at radius 1 is 1.29 bits per heavy atom. The van der Waals surface area contributed by atoms with Crippen LogP contribution in [0.4, 0.5) is 0 Å². The summed E-state index contributed by atoms with van der Waals surface area (Å²) in [6.45, 7) is 7.60. The van der Waals surface area contributed by atoms with Crippen molar-refractivity contribution in [1.29, 1.82) is 0 Å². The molecule has 1 atom stereocenters. The van der Waals surface area contributed by atoms with Gasteiger partial charge in [0.2, 0.25) is 0 Å². The van der Waals surface area contributed by atoms with Gasteiger partial charge in [0.15, 0.2) is 0 Å². The van der Waals surface area contributed by atoms with Crippen LogP contribution in [-0.4, -0.2) is 21.9 Å². The zero-order valence-corrected chi connectivity index (χ0v) is 9.37. The monoisotopic (exact) mass is 199 g/mol. The summed E-state index contributed by atoms with van der Waals surface area (Å²) in [5.41, 5.74) is -0.914. The van der Waals surface area contributed by atoms with Gasteiger partial charge in [-0.25, -0.2) is 0 Å². The van der Waals surface area contributed by atoms with Crippen LogP contribution in [0, 0.1) is 6.92 Å². The summed E-state index contributed by atoms with van der Waals surface area (Å²) in [6, 6.07) is 0. The second-order valence-electron chi connectivity index (χ2n) is 3.83. The van der Waals surface area contributed by atoms with Crippen molar-refractivity contribution in [2.75, 3.05) is 0 Å². The fourth-order valence-corrected chi connectivity index (χ4v) is 1.77. The first-order valence-electron chi connectivity index (χ1n) is 5.45. The SMILES string of the molecule is [CH2]C=CCC(O)C(O)(CCC)CCC. The lowest BCUT2D eigenvalue weighted by Gasteiger charge is -2.32. The Morgan fingerprint density at radius 3 is 2.14 bits per heavy atom. The highest BCUT2D eigenvalue weighted by Crippen LogP contribution is 2.25. The molecule has 0 aliphatic carbocycles. The van der Waals surface area contributed by atoms with Gasteiger partial charge in [0, 0.05) is 0 Å². The van der Waals surface area contributed by atoms with Gasteiger partial charge in [-0.3, -0.25) is 0 Å². The van der Waals surface area contributed by atoms with Crippen LogP contribution in [0.5, 0.6) is 0 Å². The molecule has 0 bridgehead atoms. The van der Waals surface area contributed by atoms with Gasteiger partial charge in [0.1, 0.15) is 0 Å². The molecule has 0 aliphatic heterocycles. The molecule has 83 valence electrons. The van der Waals surface area contributed by atoms with Crippen molar-refractivity contribution in [3.63, 3.8) is 0 Å². The molecule has 1 radical (unpaired) electrons. The van der Waals surface area contributed by atoms with Crippen LogP contribution < -0.4 is 0 Å². The van der Waals surface area contributed by atoms with Crippen LogP contribution >= 0.6 is 0 Å². The molecule has 0 aliphatic rings. The number of allylic oxidation sites excluding steroid dienone is 1. The van der Waals surface area contributed by atoms with Gasteiger partial charge in [-0.2, -0.15) is 0 Å². The normalized spacial score (nSPS) is 14.9. The third kappa shape index (κ3) is 4.25. The number of hydrogen-bond donors (Lipinski definition) is 2. The van der Waals surface area contributed by atoms with E-state index in [0.717, 1.165) is 12.8 Å². The van der Waals surface area contributed by atoms with Gasteiger partial charge in [-0.15, -0.1) is 0 Å². The Bertz CT molecular complexity index is 158. The van der Waals surface area contributed by atoms with Crippen LogP contribution in [0.3, 0.4) is 0 Å². The molecule has 1 unspecified atom stereocenters. The molecule has 0 saturated carbocycles. The van der Waals surface area contributed by atoms with E-state index in [-0.39, 0.29) is 0 Å². The van der Waals surface area contributed by atoms with E-state index in [0.29, 0.717) is 19.3 Å². The van der Waals surface area contributed by atoms with Crippen molar-refractivity contribution in [1.82, 2.24) is 0 Å². The first kappa shape index (κ1) is 13.7. The standard InChI is InChI=1S/C12H23O2/c1-4-7-8-11(13)12(14,9-5-2)10-6-3/h4,7,11,13-14H,1,5-6,8-10H2,2-3H3. The molecule has 0 heterocycles. The minimum Gasteiger partial charge on any atom is -0.390 e. The second kappa shape index (κ2) is 7.02. The minimum atomic E-state index is -0.914. The van der Waals surface area contributed by atoms with Crippen molar-refractivity contribution in [2.24, 2.45) is 0 Å². The van der Waals surface area contributed by atoms with Crippen LogP contribution in [-0.2, 0) is 0 Å². The van der Waals surface area contributed by atoms with Gasteiger partial charge in [0.25, 0.3) is 0 Å². The van der Waals surface area contributed by atoms with Gasteiger partial charge >= 0.3 is 0 Å². The van der Waals surface area contributed by atoms with Crippen LogP contribution in [0.25, 0.3) is 0 Å². The van der Waals surface area contributed by atoms with Crippen molar-refractivity contribution in [3.05, 3.63) is 19.1 Å². The largest absolute Gasteiger partial charge is 0.390 e. The quantitative estimate of drug-likeness (QED) is 0.661. The molecule has 2 heteroatoms. The van der Waals surface area contributed by atoms with E-state index in [2.05, 4.69) is 6.92 Å². The molecule has 0 amide bonds. The van der Waals surface area contributed by atoms with Crippen LogP contribution in [0.2, 0.25) is 0 Å². The summed E-state index contributed by atoms with van der Waals surface area (Å²) in [7, 11) is 0. The smallest absolute Gasteiger partial charge is 0.0908 e. The van der Waals surface area contributed by atoms with Crippen molar-refractivity contribution >= 4 is 0 Å². The Hall–Kier alpha value is -0.340. The molecule has 0 aromatic carbocycles. The molecule has 0 aromatic heterocycles. The Labute approximate surface area is 87.7 Å². The maximum absolute atomic E-state index is 10.2. The van der Waals surface area contributed by atoms with Gasteiger partial charge in [-0.05, 0) is 26.2 Å². The summed E-state index contributed by atoms with van der Waals surface area (Å²) in [6.07, 6.45) is 6.37. The molecule has 2 N–H and O–H groups in total.